The Kier molecular flexibility index (Phi) is 6.84. The molecule has 1 heterocycles. The molecule has 0 bridgehead atoms. The van der Waals surface area contributed by atoms with Gasteiger partial charge in [0.1, 0.15) is 6.61 Å². The van der Waals surface area contributed by atoms with E-state index in [4.69, 9.17) is 9.88 Å². The van der Waals surface area contributed by atoms with Gasteiger partial charge in [-0.3, -0.25) is 9.59 Å². The van der Waals surface area contributed by atoms with Crippen LogP contribution in [0.2, 0.25) is 0 Å². The van der Waals surface area contributed by atoms with Crippen LogP contribution in [0.5, 0.6) is 0 Å². The molecule has 0 spiro atoms. The number of amides is 2. The van der Waals surface area contributed by atoms with Crippen LogP contribution in [-0.4, -0.2) is 68.4 Å². The first-order chi connectivity index (χ1) is 13.0. The van der Waals surface area contributed by atoms with Crippen LogP contribution >= 0.6 is 0 Å². The van der Waals surface area contributed by atoms with Gasteiger partial charge in [-0.15, -0.1) is 0 Å². The number of carbonyl (C=O) groups is 2. The van der Waals surface area contributed by atoms with Gasteiger partial charge in [-0.05, 0) is 57.9 Å². The lowest BCUT2D eigenvalue weighted by molar-refractivity contribution is -0.141. The fraction of sp³-hybridized carbons (Fsp3) is 0.579. The summed E-state index contributed by atoms with van der Waals surface area (Å²) in [5, 5.41) is 5.31. The third kappa shape index (κ3) is 4.53. The zero-order chi connectivity index (χ0) is 21.2. The van der Waals surface area contributed by atoms with Crippen LogP contribution < -0.4 is 5.14 Å². The molecule has 1 aliphatic heterocycles. The molecule has 1 aromatic rings. The molecule has 1 aromatic carbocycles. The quantitative estimate of drug-likeness (QED) is 0.779. The van der Waals surface area contributed by atoms with Gasteiger partial charge in [-0.25, -0.2) is 13.6 Å². The van der Waals surface area contributed by atoms with Crippen LogP contribution in [-0.2, 0) is 19.6 Å². The highest BCUT2D eigenvalue weighted by molar-refractivity contribution is 7.89. The Morgan fingerprint density at radius 1 is 1.14 bits per heavy atom. The third-order valence-electron chi connectivity index (χ3n) is 5.45. The van der Waals surface area contributed by atoms with E-state index in [-0.39, 0.29) is 41.0 Å². The van der Waals surface area contributed by atoms with Gasteiger partial charge in [0.25, 0.3) is 5.91 Å². The summed E-state index contributed by atoms with van der Waals surface area (Å²) in [6.07, 6.45) is 0. The topological polar surface area (TPSA) is 110 Å². The summed E-state index contributed by atoms with van der Waals surface area (Å²) in [6, 6.07) is 2.60. The van der Waals surface area contributed by atoms with Gasteiger partial charge in [-0.1, -0.05) is 0 Å². The average Bonchev–Trinajstić information content (AvgIpc) is 2.62. The number of ether oxygens (including phenoxy) is 1. The highest BCUT2D eigenvalue weighted by Gasteiger charge is 2.36. The summed E-state index contributed by atoms with van der Waals surface area (Å²) in [4.78, 5) is 28.8. The fourth-order valence-electron chi connectivity index (χ4n) is 3.47. The number of nitrogens with zero attached hydrogens (tertiary/aromatic N) is 2. The second kappa shape index (κ2) is 8.59. The van der Waals surface area contributed by atoms with Crippen molar-refractivity contribution in [1.29, 1.82) is 0 Å². The predicted octanol–water partition coefficient (Wildman–Crippen LogP) is 1.05. The Morgan fingerprint density at radius 3 is 2.29 bits per heavy atom. The minimum absolute atomic E-state index is 0.0242. The van der Waals surface area contributed by atoms with Crippen LogP contribution in [0.3, 0.4) is 0 Å². The lowest BCUT2D eigenvalue weighted by Gasteiger charge is -2.45. The molecule has 0 unspecified atom stereocenters. The SMILES string of the molecule is CCOCC(=O)N1CCN(C(=O)c2cc(C)c(C)c(S(N)(=O)=O)c2)[C@H](C)[C@H]1C. The zero-order valence-electron chi connectivity index (χ0n) is 17.1. The van der Waals surface area contributed by atoms with Crippen molar-refractivity contribution in [1.82, 2.24) is 9.80 Å². The number of sulfonamides is 1. The summed E-state index contributed by atoms with van der Waals surface area (Å²) in [5.74, 6) is -0.375. The largest absolute Gasteiger partial charge is 0.372 e. The molecule has 1 aliphatic rings. The first kappa shape index (κ1) is 22.3. The molecule has 2 atom stereocenters. The van der Waals surface area contributed by atoms with E-state index in [1.54, 1.807) is 29.7 Å². The average molecular weight is 412 g/mol. The number of carbonyl (C=O) groups excluding carboxylic acids is 2. The van der Waals surface area contributed by atoms with Crippen LogP contribution in [0.4, 0.5) is 0 Å². The van der Waals surface area contributed by atoms with Crippen LogP contribution in [0.1, 0.15) is 42.3 Å². The van der Waals surface area contributed by atoms with Gasteiger partial charge in [0.05, 0.1) is 4.90 Å². The standard InChI is InChI=1S/C19H29N3O5S/c1-6-27-11-18(23)21-7-8-22(15(5)14(21)4)19(24)16-9-12(2)13(3)17(10-16)28(20,25)26/h9-10,14-15H,6-8,11H2,1-5H3,(H2,20,25,26)/t14-,15-/m1/s1. The van der Waals surface area contributed by atoms with Crippen molar-refractivity contribution in [3.05, 3.63) is 28.8 Å². The number of hydrogen-bond acceptors (Lipinski definition) is 5. The van der Waals surface area contributed by atoms with Gasteiger partial charge >= 0.3 is 0 Å². The van der Waals surface area contributed by atoms with Gasteiger partial charge in [0.2, 0.25) is 15.9 Å². The molecular formula is C19H29N3O5S. The predicted molar refractivity (Wildman–Crippen MR) is 105 cm³/mol. The molecular weight excluding hydrogens is 382 g/mol. The van der Waals surface area contributed by atoms with Crippen molar-refractivity contribution in [2.75, 3.05) is 26.3 Å². The number of hydrogen-bond donors (Lipinski definition) is 1. The van der Waals surface area contributed by atoms with E-state index < -0.39 is 10.0 Å². The number of benzene rings is 1. The van der Waals surface area contributed by atoms with Gasteiger partial charge in [0, 0.05) is 37.3 Å². The molecule has 1 fully saturated rings. The molecule has 0 radical (unpaired) electrons. The third-order valence-corrected chi connectivity index (χ3v) is 6.48. The second-order valence-electron chi connectivity index (χ2n) is 7.17. The van der Waals surface area contributed by atoms with Crippen molar-refractivity contribution in [2.45, 2.75) is 51.6 Å². The van der Waals surface area contributed by atoms with Crippen LogP contribution in [0, 0.1) is 13.8 Å². The lowest BCUT2D eigenvalue weighted by atomic mass is 10.0. The molecule has 28 heavy (non-hydrogen) atoms. The van der Waals surface area contributed by atoms with E-state index in [2.05, 4.69) is 0 Å². The Hall–Kier alpha value is -1.97. The minimum Gasteiger partial charge on any atom is -0.372 e. The van der Waals surface area contributed by atoms with E-state index in [1.807, 2.05) is 20.8 Å². The van der Waals surface area contributed by atoms with Crippen molar-refractivity contribution < 1.29 is 22.7 Å². The maximum Gasteiger partial charge on any atom is 0.254 e. The molecule has 2 amide bonds. The first-order valence-electron chi connectivity index (χ1n) is 9.31. The second-order valence-corrected chi connectivity index (χ2v) is 8.70. The molecule has 8 nitrogen and oxygen atoms in total. The van der Waals surface area contributed by atoms with E-state index in [0.717, 1.165) is 0 Å². The lowest BCUT2D eigenvalue weighted by Crippen LogP contribution is -2.60. The smallest absolute Gasteiger partial charge is 0.254 e. The number of primary sulfonamides is 1. The zero-order valence-corrected chi connectivity index (χ0v) is 17.9. The highest BCUT2D eigenvalue weighted by Crippen LogP contribution is 2.24. The van der Waals surface area contributed by atoms with Crippen molar-refractivity contribution in [3.63, 3.8) is 0 Å². The Morgan fingerprint density at radius 2 is 1.71 bits per heavy atom. The van der Waals surface area contributed by atoms with E-state index in [1.165, 1.54) is 6.07 Å². The summed E-state index contributed by atoms with van der Waals surface area (Å²) >= 11 is 0. The molecule has 0 aliphatic carbocycles. The highest BCUT2D eigenvalue weighted by atomic mass is 32.2. The fourth-order valence-corrected chi connectivity index (χ4v) is 4.34. The van der Waals surface area contributed by atoms with E-state index >= 15 is 0 Å². The van der Waals surface area contributed by atoms with Crippen LogP contribution in [0.25, 0.3) is 0 Å². The van der Waals surface area contributed by atoms with Crippen molar-refractivity contribution in [3.8, 4) is 0 Å². The summed E-state index contributed by atoms with van der Waals surface area (Å²) in [6.45, 7) is 10.3. The first-order valence-corrected chi connectivity index (χ1v) is 10.9. The maximum atomic E-state index is 13.1. The van der Waals surface area contributed by atoms with E-state index in [9.17, 15) is 18.0 Å². The summed E-state index contributed by atoms with van der Waals surface area (Å²) < 4.78 is 29.0. The van der Waals surface area contributed by atoms with Crippen molar-refractivity contribution in [2.24, 2.45) is 5.14 Å². The Labute approximate surface area is 166 Å². The Balaban J connectivity index is 2.27. The monoisotopic (exact) mass is 411 g/mol. The molecule has 9 heteroatoms. The van der Waals surface area contributed by atoms with Crippen LogP contribution in [0.15, 0.2) is 17.0 Å². The molecule has 2 N–H and O–H groups in total. The van der Waals surface area contributed by atoms with Gasteiger partial charge < -0.3 is 14.5 Å². The van der Waals surface area contributed by atoms with E-state index in [0.29, 0.717) is 30.8 Å². The summed E-state index contributed by atoms with van der Waals surface area (Å²) in [7, 11) is -3.93. The normalized spacial score (nSPS) is 20.4. The molecule has 2 rings (SSSR count). The molecule has 0 aromatic heterocycles. The number of piperazine rings is 1. The summed E-state index contributed by atoms with van der Waals surface area (Å²) in [5.41, 5.74) is 1.49. The molecule has 0 saturated carbocycles. The number of aryl methyl sites for hydroxylation is 1. The van der Waals surface area contributed by atoms with Crippen molar-refractivity contribution >= 4 is 21.8 Å². The number of nitrogens with two attached hydrogens (primary N) is 1. The minimum atomic E-state index is -3.93. The molecule has 156 valence electrons. The maximum absolute atomic E-state index is 13.1. The number of rotatable bonds is 5. The molecule has 1 saturated heterocycles. The Bertz CT molecular complexity index is 869. The van der Waals surface area contributed by atoms with Gasteiger partial charge in [-0.2, -0.15) is 0 Å². The van der Waals surface area contributed by atoms with Gasteiger partial charge in [0.15, 0.2) is 0 Å².